The van der Waals surface area contributed by atoms with Gasteiger partial charge >= 0.3 is 5.97 Å². The Balaban J connectivity index is 1.55. The van der Waals surface area contributed by atoms with Crippen LogP contribution in [-0.4, -0.2) is 34.3 Å². The molecule has 1 aliphatic rings. The third-order valence-electron chi connectivity index (χ3n) is 5.17. The molecule has 0 aromatic heterocycles. The zero-order valence-electron chi connectivity index (χ0n) is 16.8. The first-order valence-electron chi connectivity index (χ1n) is 9.86. The van der Waals surface area contributed by atoms with Crippen molar-refractivity contribution >= 4 is 23.6 Å². The number of amides is 1. The predicted octanol–water partition coefficient (Wildman–Crippen LogP) is 3.98. The largest absolute Gasteiger partial charge is 0.452 e. The summed E-state index contributed by atoms with van der Waals surface area (Å²) in [5.41, 5.74) is 1.63. The molecule has 1 aliphatic carbocycles. The van der Waals surface area contributed by atoms with Crippen LogP contribution in [0, 0.1) is 16.0 Å². The molecule has 30 heavy (non-hydrogen) atoms. The second-order valence-corrected chi connectivity index (χ2v) is 7.37. The van der Waals surface area contributed by atoms with Gasteiger partial charge in [0.05, 0.1) is 4.92 Å². The van der Waals surface area contributed by atoms with E-state index in [9.17, 15) is 19.7 Å². The van der Waals surface area contributed by atoms with Gasteiger partial charge in [-0.3, -0.25) is 14.9 Å². The first-order valence-corrected chi connectivity index (χ1v) is 9.86. The summed E-state index contributed by atoms with van der Waals surface area (Å²) in [4.78, 5) is 36.7. The number of hydrogen-bond donors (Lipinski definition) is 0. The SMILES string of the molecule is C[C@@H](C1CC1)N(Cc1ccccc1)C(=O)COC(=O)/C=C/c1ccc([N+](=O)[O-])cc1. The third-order valence-corrected chi connectivity index (χ3v) is 5.17. The van der Waals surface area contributed by atoms with Crippen LogP contribution in [0.4, 0.5) is 5.69 Å². The van der Waals surface area contributed by atoms with Crippen LogP contribution in [0.1, 0.15) is 30.9 Å². The topological polar surface area (TPSA) is 89.8 Å². The van der Waals surface area contributed by atoms with Crippen molar-refractivity contribution in [3.8, 4) is 0 Å². The van der Waals surface area contributed by atoms with Crippen molar-refractivity contribution in [3.63, 3.8) is 0 Å². The molecule has 3 rings (SSSR count). The van der Waals surface area contributed by atoms with Gasteiger partial charge in [-0.2, -0.15) is 0 Å². The van der Waals surface area contributed by atoms with E-state index in [0.29, 0.717) is 18.0 Å². The van der Waals surface area contributed by atoms with Crippen molar-refractivity contribution in [3.05, 3.63) is 81.9 Å². The molecule has 1 fully saturated rings. The number of esters is 1. The number of nitrogens with zero attached hydrogens (tertiary/aromatic N) is 2. The Labute approximate surface area is 175 Å². The highest BCUT2D eigenvalue weighted by Crippen LogP contribution is 2.35. The van der Waals surface area contributed by atoms with Crippen molar-refractivity contribution in [2.45, 2.75) is 32.4 Å². The molecule has 2 aromatic rings. The van der Waals surface area contributed by atoms with Crippen molar-refractivity contribution in [1.29, 1.82) is 0 Å². The molecule has 1 amide bonds. The zero-order valence-corrected chi connectivity index (χ0v) is 16.8. The summed E-state index contributed by atoms with van der Waals surface area (Å²) in [5.74, 6) is -0.369. The number of rotatable bonds is 9. The lowest BCUT2D eigenvalue weighted by Gasteiger charge is -2.29. The Bertz CT molecular complexity index is 920. The van der Waals surface area contributed by atoms with Crippen LogP contribution in [0.3, 0.4) is 0 Å². The molecule has 2 aromatic carbocycles. The number of non-ortho nitro benzene ring substituents is 1. The molecule has 0 spiro atoms. The van der Waals surface area contributed by atoms with Gasteiger partial charge in [-0.05, 0) is 55.0 Å². The number of carbonyl (C=O) groups excluding carboxylic acids is 2. The predicted molar refractivity (Wildman–Crippen MR) is 112 cm³/mol. The van der Waals surface area contributed by atoms with E-state index in [2.05, 4.69) is 0 Å². The average Bonchev–Trinajstić information content (AvgIpc) is 3.60. The molecular weight excluding hydrogens is 384 g/mol. The monoisotopic (exact) mass is 408 g/mol. The summed E-state index contributed by atoms with van der Waals surface area (Å²) >= 11 is 0. The number of benzene rings is 2. The van der Waals surface area contributed by atoms with Gasteiger partial charge < -0.3 is 9.64 Å². The van der Waals surface area contributed by atoms with Gasteiger partial charge in [-0.15, -0.1) is 0 Å². The fourth-order valence-corrected chi connectivity index (χ4v) is 3.21. The van der Waals surface area contributed by atoms with Gasteiger partial charge in [0.15, 0.2) is 6.61 Å². The van der Waals surface area contributed by atoms with Crippen LogP contribution in [0.2, 0.25) is 0 Å². The lowest BCUT2D eigenvalue weighted by atomic mass is 10.1. The number of nitro benzene ring substituents is 1. The van der Waals surface area contributed by atoms with Gasteiger partial charge in [-0.1, -0.05) is 30.3 Å². The van der Waals surface area contributed by atoms with E-state index in [-0.39, 0.29) is 24.2 Å². The Morgan fingerprint density at radius 3 is 2.43 bits per heavy atom. The van der Waals surface area contributed by atoms with Gasteiger partial charge in [0.25, 0.3) is 11.6 Å². The molecule has 0 heterocycles. The van der Waals surface area contributed by atoms with Crippen LogP contribution in [0.15, 0.2) is 60.7 Å². The van der Waals surface area contributed by atoms with E-state index in [4.69, 9.17) is 4.74 Å². The Morgan fingerprint density at radius 2 is 1.83 bits per heavy atom. The fraction of sp³-hybridized carbons (Fsp3) is 0.304. The summed E-state index contributed by atoms with van der Waals surface area (Å²) < 4.78 is 5.13. The normalized spacial score (nSPS) is 14.3. The molecule has 156 valence electrons. The van der Waals surface area contributed by atoms with Crippen molar-refractivity contribution < 1.29 is 19.2 Å². The highest BCUT2D eigenvalue weighted by atomic mass is 16.6. The molecule has 7 nitrogen and oxygen atoms in total. The number of nitro groups is 1. The maximum Gasteiger partial charge on any atom is 0.331 e. The molecule has 0 aliphatic heterocycles. The first-order chi connectivity index (χ1) is 14.4. The summed E-state index contributed by atoms with van der Waals surface area (Å²) in [5, 5.41) is 10.7. The second kappa shape index (κ2) is 9.82. The molecule has 0 radical (unpaired) electrons. The molecule has 0 unspecified atom stereocenters. The van der Waals surface area contributed by atoms with Crippen molar-refractivity contribution in [2.75, 3.05) is 6.61 Å². The Kier molecular flexibility index (Phi) is 6.95. The third kappa shape index (κ3) is 6.01. The van der Waals surface area contributed by atoms with E-state index >= 15 is 0 Å². The lowest BCUT2D eigenvalue weighted by molar-refractivity contribution is -0.384. The average molecular weight is 408 g/mol. The molecule has 0 N–H and O–H groups in total. The van der Waals surface area contributed by atoms with Gasteiger partial charge in [0.2, 0.25) is 0 Å². The maximum atomic E-state index is 12.8. The standard InChI is InChI=1S/C23H24N2O5/c1-17(20-10-11-20)24(15-19-5-3-2-4-6-19)22(26)16-30-23(27)14-9-18-7-12-21(13-8-18)25(28)29/h2-9,12-14,17,20H,10-11,15-16H2,1H3/b14-9+/t17-/m0/s1. The minimum Gasteiger partial charge on any atom is -0.452 e. The van der Waals surface area contributed by atoms with Gasteiger partial charge in [-0.25, -0.2) is 4.79 Å². The van der Waals surface area contributed by atoms with Crippen LogP contribution in [0.5, 0.6) is 0 Å². The minimum atomic E-state index is -0.638. The Morgan fingerprint density at radius 1 is 1.17 bits per heavy atom. The maximum absolute atomic E-state index is 12.8. The molecule has 7 heteroatoms. The van der Waals surface area contributed by atoms with Gasteiger partial charge in [0.1, 0.15) is 0 Å². The smallest absolute Gasteiger partial charge is 0.331 e. The van der Waals surface area contributed by atoms with Crippen molar-refractivity contribution in [1.82, 2.24) is 4.90 Å². The summed E-state index contributed by atoms with van der Waals surface area (Å²) in [6.45, 7) is 2.19. The number of hydrogen-bond acceptors (Lipinski definition) is 5. The van der Waals surface area contributed by atoms with Crippen LogP contribution in [-0.2, 0) is 20.9 Å². The summed E-state index contributed by atoms with van der Waals surface area (Å²) in [6, 6.07) is 15.6. The molecule has 1 atom stereocenters. The van der Waals surface area contributed by atoms with E-state index in [1.807, 2.05) is 37.3 Å². The summed E-state index contributed by atoms with van der Waals surface area (Å²) in [7, 11) is 0. The minimum absolute atomic E-state index is 0.0244. The van der Waals surface area contributed by atoms with E-state index < -0.39 is 10.9 Å². The molecule has 0 bridgehead atoms. The van der Waals surface area contributed by atoms with E-state index in [0.717, 1.165) is 18.4 Å². The molecular formula is C23H24N2O5. The first kappa shape index (κ1) is 21.2. The number of ether oxygens (including phenoxy) is 1. The molecule has 0 saturated heterocycles. The fourth-order valence-electron chi connectivity index (χ4n) is 3.21. The quantitative estimate of drug-likeness (QED) is 0.271. The van der Waals surface area contributed by atoms with Crippen molar-refractivity contribution in [2.24, 2.45) is 5.92 Å². The highest BCUT2D eigenvalue weighted by molar-refractivity contribution is 5.89. The second-order valence-electron chi connectivity index (χ2n) is 7.37. The lowest BCUT2D eigenvalue weighted by Crippen LogP contribution is -2.41. The van der Waals surface area contributed by atoms with E-state index in [1.165, 1.54) is 36.4 Å². The zero-order chi connectivity index (χ0) is 21.5. The van der Waals surface area contributed by atoms with Crippen LogP contribution >= 0.6 is 0 Å². The summed E-state index contributed by atoms with van der Waals surface area (Å²) in [6.07, 6.45) is 4.92. The van der Waals surface area contributed by atoms with Crippen LogP contribution in [0.25, 0.3) is 6.08 Å². The highest BCUT2D eigenvalue weighted by Gasteiger charge is 2.34. The van der Waals surface area contributed by atoms with Gasteiger partial charge in [0, 0.05) is 30.8 Å². The van der Waals surface area contributed by atoms with Crippen LogP contribution < -0.4 is 0 Å². The molecule has 1 saturated carbocycles. The van der Waals surface area contributed by atoms with E-state index in [1.54, 1.807) is 4.90 Å². The Hall–Kier alpha value is -3.48. The number of carbonyl (C=O) groups is 2.